The summed E-state index contributed by atoms with van der Waals surface area (Å²) in [5.74, 6) is 2.33. The zero-order valence-corrected chi connectivity index (χ0v) is 20.5. The number of nitrogens with zero attached hydrogens (tertiary/aromatic N) is 3. The molecule has 4 aromatic rings. The molecule has 1 N–H and O–H groups in total. The lowest BCUT2D eigenvalue weighted by Crippen LogP contribution is -2.16. The molecule has 176 valence electrons. The Morgan fingerprint density at radius 3 is 2.38 bits per heavy atom. The number of fused-ring (bicyclic) bond motifs is 1. The highest BCUT2D eigenvalue weighted by Gasteiger charge is 2.22. The van der Waals surface area contributed by atoms with Crippen LogP contribution in [-0.2, 0) is 4.79 Å². The Bertz CT molecular complexity index is 1270. The van der Waals surface area contributed by atoms with Gasteiger partial charge >= 0.3 is 0 Å². The van der Waals surface area contributed by atoms with Crippen molar-refractivity contribution in [1.29, 1.82) is 0 Å². The molecule has 1 atom stereocenters. The fraction of sp³-hybridized carbons (Fsp3) is 0.269. The first-order valence-electron chi connectivity index (χ1n) is 11.1. The zero-order chi connectivity index (χ0) is 24.1. The van der Waals surface area contributed by atoms with E-state index in [0.29, 0.717) is 11.0 Å². The molecule has 1 aromatic heterocycles. The number of carbonyl (C=O) groups excluding carboxylic acids is 1. The molecule has 0 bridgehead atoms. The standard InChI is InChI=1S/C26H28N4O3S/c1-17(2)30-25(18(3)33-23-13-11-22(32-4)12-14-23)28-29-26(30)34-16-24(31)27-21-10-9-19-7-5-6-8-20(19)15-21/h5-15,17-18H,16H2,1-4H3,(H,27,31). The molecule has 0 fully saturated rings. The molecule has 3 aromatic carbocycles. The Hall–Kier alpha value is -3.52. The summed E-state index contributed by atoms with van der Waals surface area (Å²) in [4.78, 5) is 12.6. The van der Waals surface area contributed by atoms with Crippen molar-refractivity contribution in [1.82, 2.24) is 14.8 Å². The van der Waals surface area contributed by atoms with Gasteiger partial charge in [-0.1, -0.05) is 42.1 Å². The van der Waals surface area contributed by atoms with Gasteiger partial charge in [0.25, 0.3) is 0 Å². The van der Waals surface area contributed by atoms with E-state index >= 15 is 0 Å². The van der Waals surface area contributed by atoms with Crippen molar-refractivity contribution in [3.05, 3.63) is 72.6 Å². The van der Waals surface area contributed by atoms with Crippen LogP contribution in [0.25, 0.3) is 10.8 Å². The molecule has 1 heterocycles. The SMILES string of the molecule is COc1ccc(OC(C)c2nnc(SCC(=O)Nc3ccc4ccccc4c3)n2C(C)C)cc1. The first-order valence-corrected chi connectivity index (χ1v) is 12.1. The van der Waals surface area contributed by atoms with Crippen molar-refractivity contribution < 1.29 is 14.3 Å². The largest absolute Gasteiger partial charge is 0.497 e. The Kier molecular flexibility index (Phi) is 7.37. The number of ether oxygens (including phenoxy) is 2. The summed E-state index contributed by atoms with van der Waals surface area (Å²) < 4.78 is 13.3. The van der Waals surface area contributed by atoms with Gasteiger partial charge in [-0.05, 0) is 67.9 Å². The van der Waals surface area contributed by atoms with Gasteiger partial charge in [0.05, 0.1) is 12.9 Å². The molecule has 0 aliphatic rings. The zero-order valence-electron chi connectivity index (χ0n) is 19.7. The van der Waals surface area contributed by atoms with E-state index < -0.39 is 0 Å². The highest BCUT2D eigenvalue weighted by Crippen LogP contribution is 2.28. The molecular formula is C26H28N4O3S. The van der Waals surface area contributed by atoms with Gasteiger partial charge in [-0.3, -0.25) is 4.79 Å². The number of amides is 1. The van der Waals surface area contributed by atoms with Crippen LogP contribution in [0, 0.1) is 0 Å². The second-order valence-electron chi connectivity index (χ2n) is 8.14. The van der Waals surface area contributed by atoms with Gasteiger partial charge in [-0.2, -0.15) is 0 Å². The molecule has 0 aliphatic heterocycles. The molecule has 1 amide bonds. The van der Waals surface area contributed by atoms with Crippen molar-refractivity contribution in [2.45, 2.75) is 38.1 Å². The Labute approximate surface area is 203 Å². The van der Waals surface area contributed by atoms with Gasteiger partial charge in [-0.15, -0.1) is 10.2 Å². The number of aromatic nitrogens is 3. The molecule has 0 spiro atoms. The molecule has 0 saturated heterocycles. The Balaban J connectivity index is 1.41. The van der Waals surface area contributed by atoms with E-state index in [2.05, 4.69) is 29.4 Å². The van der Waals surface area contributed by atoms with E-state index in [9.17, 15) is 4.79 Å². The van der Waals surface area contributed by atoms with Crippen LogP contribution in [0.4, 0.5) is 5.69 Å². The number of benzene rings is 3. The number of rotatable bonds is 9. The number of carbonyl (C=O) groups is 1. The van der Waals surface area contributed by atoms with Crippen molar-refractivity contribution in [2.24, 2.45) is 0 Å². The molecule has 0 saturated carbocycles. The van der Waals surface area contributed by atoms with Crippen LogP contribution in [0.5, 0.6) is 11.5 Å². The van der Waals surface area contributed by atoms with E-state index in [1.54, 1.807) is 7.11 Å². The highest BCUT2D eigenvalue weighted by atomic mass is 32.2. The average Bonchev–Trinajstić information content (AvgIpc) is 3.28. The third kappa shape index (κ3) is 5.51. The van der Waals surface area contributed by atoms with Crippen LogP contribution in [-0.4, -0.2) is 33.5 Å². The summed E-state index contributed by atoms with van der Waals surface area (Å²) in [6.07, 6.45) is -0.316. The highest BCUT2D eigenvalue weighted by molar-refractivity contribution is 7.99. The predicted molar refractivity (Wildman–Crippen MR) is 136 cm³/mol. The lowest BCUT2D eigenvalue weighted by molar-refractivity contribution is -0.113. The number of hydrogen-bond acceptors (Lipinski definition) is 6. The first-order chi connectivity index (χ1) is 16.4. The van der Waals surface area contributed by atoms with Crippen molar-refractivity contribution in [3.8, 4) is 11.5 Å². The quantitative estimate of drug-likeness (QED) is 0.303. The number of thioether (sulfide) groups is 1. The fourth-order valence-electron chi connectivity index (χ4n) is 3.65. The molecule has 34 heavy (non-hydrogen) atoms. The van der Waals surface area contributed by atoms with Crippen molar-refractivity contribution in [3.63, 3.8) is 0 Å². The van der Waals surface area contributed by atoms with Crippen LogP contribution in [0.1, 0.15) is 38.7 Å². The summed E-state index contributed by atoms with van der Waals surface area (Å²) in [6.45, 7) is 6.06. The lowest BCUT2D eigenvalue weighted by atomic mass is 10.1. The minimum atomic E-state index is -0.316. The smallest absolute Gasteiger partial charge is 0.234 e. The predicted octanol–water partition coefficient (Wildman–Crippen LogP) is 5.89. The van der Waals surface area contributed by atoms with Gasteiger partial charge in [-0.25, -0.2) is 0 Å². The third-order valence-corrected chi connectivity index (χ3v) is 6.25. The molecule has 7 nitrogen and oxygen atoms in total. The Morgan fingerprint density at radius 2 is 1.68 bits per heavy atom. The van der Waals surface area contributed by atoms with Crippen LogP contribution in [0.15, 0.2) is 71.9 Å². The van der Waals surface area contributed by atoms with E-state index in [0.717, 1.165) is 28.0 Å². The molecule has 4 rings (SSSR count). The van der Waals surface area contributed by atoms with Crippen LogP contribution < -0.4 is 14.8 Å². The lowest BCUT2D eigenvalue weighted by Gasteiger charge is -2.19. The minimum absolute atomic E-state index is 0.0948. The van der Waals surface area contributed by atoms with E-state index in [1.165, 1.54) is 11.8 Å². The number of hydrogen-bond donors (Lipinski definition) is 1. The van der Waals surface area contributed by atoms with Gasteiger partial charge in [0.2, 0.25) is 5.91 Å². The first kappa shape index (κ1) is 23.6. The van der Waals surface area contributed by atoms with Crippen LogP contribution >= 0.6 is 11.8 Å². The maximum absolute atomic E-state index is 12.6. The van der Waals surface area contributed by atoms with E-state index in [1.807, 2.05) is 78.2 Å². The van der Waals surface area contributed by atoms with Gasteiger partial charge in [0.1, 0.15) is 11.5 Å². The van der Waals surface area contributed by atoms with E-state index in [4.69, 9.17) is 9.47 Å². The number of anilines is 1. The maximum atomic E-state index is 12.6. The van der Waals surface area contributed by atoms with Gasteiger partial charge < -0.3 is 19.4 Å². The topological polar surface area (TPSA) is 78.3 Å². The fourth-order valence-corrected chi connectivity index (χ4v) is 4.53. The third-order valence-electron chi connectivity index (χ3n) is 5.31. The molecule has 0 radical (unpaired) electrons. The monoisotopic (exact) mass is 476 g/mol. The summed E-state index contributed by atoms with van der Waals surface area (Å²) in [5, 5.41) is 14.6. The normalized spacial score (nSPS) is 12.0. The minimum Gasteiger partial charge on any atom is -0.497 e. The summed E-state index contributed by atoms with van der Waals surface area (Å²) in [7, 11) is 1.63. The molecule has 1 unspecified atom stereocenters. The summed E-state index contributed by atoms with van der Waals surface area (Å²) in [6, 6.07) is 21.5. The molecule has 0 aliphatic carbocycles. The summed E-state index contributed by atoms with van der Waals surface area (Å²) >= 11 is 1.36. The van der Waals surface area contributed by atoms with Gasteiger partial charge in [0, 0.05) is 11.7 Å². The number of methoxy groups -OCH3 is 1. The second kappa shape index (κ2) is 10.6. The van der Waals surface area contributed by atoms with Crippen LogP contribution in [0.2, 0.25) is 0 Å². The van der Waals surface area contributed by atoms with Crippen molar-refractivity contribution >= 4 is 34.1 Å². The Morgan fingerprint density at radius 1 is 0.971 bits per heavy atom. The summed E-state index contributed by atoms with van der Waals surface area (Å²) in [5.41, 5.74) is 0.775. The molecule has 8 heteroatoms. The second-order valence-corrected chi connectivity index (χ2v) is 9.08. The van der Waals surface area contributed by atoms with Crippen molar-refractivity contribution in [2.75, 3.05) is 18.2 Å². The van der Waals surface area contributed by atoms with E-state index in [-0.39, 0.29) is 23.8 Å². The van der Waals surface area contributed by atoms with Crippen LogP contribution in [0.3, 0.4) is 0 Å². The molecular weight excluding hydrogens is 448 g/mol. The maximum Gasteiger partial charge on any atom is 0.234 e. The average molecular weight is 477 g/mol. The van der Waals surface area contributed by atoms with Gasteiger partial charge in [0.15, 0.2) is 17.1 Å². The number of nitrogens with one attached hydrogen (secondary N) is 1.